The van der Waals surface area contributed by atoms with Gasteiger partial charge in [0.25, 0.3) is 0 Å². The van der Waals surface area contributed by atoms with E-state index in [1.807, 2.05) is 0 Å². The van der Waals surface area contributed by atoms with Crippen LogP contribution in [0.15, 0.2) is 42.5 Å². The summed E-state index contributed by atoms with van der Waals surface area (Å²) in [5, 5.41) is 11.7. The normalized spacial score (nSPS) is 21.2. The number of carbonyl (C=O) groups is 4. The van der Waals surface area contributed by atoms with E-state index in [1.165, 1.54) is 6.07 Å². The molecule has 2 atom stereocenters. The number of fused-ring (bicyclic) bond motifs is 1. The van der Waals surface area contributed by atoms with Crippen LogP contribution >= 0.6 is 23.2 Å². The zero-order valence-electron chi connectivity index (χ0n) is 14.7. The molecule has 0 fully saturated rings. The number of carboxylic acid groups (broad SMARTS) is 1. The van der Waals surface area contributed by atoms with Crippen molar-refractivity contribution in [3.8, 4) is 0 Å². The number of benzene rings is 2. The lowest BCUT2D eigenvalue weighted by atomic mass is 9.62. The molecule has 0 saturated carbocycles. The number of hydrogen-bond acceptors (Lipinski definition) is 4. The molecule has 0 saturated heterocycles. The Bertz CT molecular complexity index is 1000. The molecule has 2 aromatic rings. The van der Waals surface area contributed by atoms with Gasteiger partial charge in [-0.3, -0.25) is 19.2 Å². The van der Waals surface area contributed by atoms with E-state index in [2.05, 4.69) is 5.32 Å². The number of nitrogens with one attached hydrogen (secondary N) is 1. The van der Waals surface area contributed by atoms with Crippen molar-refractivity contribution in [2.45, 2.75) is 12.3 Å². The Hall–Kier alpha value is -2.70. The number of amides is 1. The molecule has 0 heterocycles. The lowest BCUT2D eigenvalue weighted by molar-refractivity contribution is -0.140. The molecule has 6 nitrogen and oxygen atoms in total. The summed E-state index contributed by atoms with van der Waals surface area (Å²) in [7, 11) is 0. The summed E-state index contributed by atoms with van der Waals surface area (Å²) in [4.78, 5) is 49.6. The van der Waals surface area contributed by atoms with E-state index in [4.69, 9.17) is 28.3 Å². The molecular formula is C20H15Cl2NO5. The standard InChI is InChI=1S/C20H15Cl2NO5/c1-20(10-2-4-11(21)5-3-10)14-7-6-12(22)8-13(14)17(26)16(18(20)27)19(28)23-9-15(24)25/h2-8,16H,9H2,1H3,(H,23,28)(H,24,25)/t16?,20-/m1/s1. The number of halogens is 2. The third-order valence-corrected chi connectivity index (χ3v) is 5.39. The summed E-state index contributed by atoms with van der Waals surface area (Å²) in [5.41, 5.74) is -0.186. The van der Waals surface area contributed by atoms with Gasteiger partial charge in [-0.05, 0) is 42.3 Å². The molecule has 8 heteroatoms. The molecule has 0 spiro atoms. The summed E-state index contributed by atoms with van der Waals surface area (Å²) in [5.74, 6) is -5.27. The molecule has 2 N–H and O–H groups in total. The van der Waals surface area contributed by atoms with Crippen molar-refractivity contribution in [2.24, 2.45) is 5.92 Å². The van der Waals surface area contributed by atoms with Gasteiger partial charge in [-0.1, -0.05) is 41.4 Å². The zero-order chi connectivity index (χ0) is 20.6. The van der Waals surface area contributed by atoms with Gasteiger partial charge in [0.2, 0.25) is 5.91 Å². The average Bonchev–Trinajstić information content (AvgIpc) is 2.65. The maximum absolute atomic E-state index is 13.4. The Morgan fingerprint density at radius 1 is 1.07 bits per heavy atom. The van der Waals surface area contributed by atoms with Crippen molar-refractivity contribution in [1.82, 2.24) is 5.32 Å². The summed E-state index contributed by atoms with van der Waals surface area (Å²) in [6.45, 7) is 0.922. The van der Waals surface area contributed by atoms with Crippen LogP contribution in [0.25, 0.3) is 0 Å². The zero-order valence-corrected chi connectivity index (χ0v) is 16.2. The van der Waals surface area contributed by atoms with Gasteiger partial charge < -0.3 is 10.4 Å². The van der Waals surface area contributed by atoms with Crippen LogP contribution < -0.4 is 5.32 Å². The highest BCUT2D eigenvalue weighted by molar-refractivity contribution is 6.33. The van der Waals surface area contributed by atoms with Gasteiger partial charge in [-0.15, -0.1) is 0 Å². The van der Waals surface area contributed by atoms with E-state index >= 15 is 0 Å². The van der Waals surface area contributed by atoms with E-state index in [0.717, 1.165) is 0 Å². The van der Waals surface area contributed by atoms with Crippen molar-refractivity contribution in [2.75, 3.05) is 6.54 Å². The molecule has 144 valence electrons. The molecule has 1 amide bonds. The molecule has 1 unspecified atom stereocenters. The Labute approximate surface area is 170 Å². The van der Waals surface area contributed by atoms with Gasteiger partial charge in [0.15, 0.2) is 17.5 Å². The highest BCUT2D eigenvalue weighted by Crippen LogP contribution is 2.43. The maximum Gasteiger partial charge on any atom is 0.322 e. The van der Waals surface area contributed by atoms with E-state index in [9.17, 15) is 19.2 Å². The Morgan fingerprint density at radius 2 is 1.68 bits per heavy atom. The molecule has 1 aliphatic carbocycles. The number of rotatable bonds is 4. The van der Waals surface area contributed by atoms with Crippen LogP contribution in [0.5, 0.6) is 0 Å². The SMILES string of the molecule is C[C@]1(c2ccc(Cl)cc2)C(=O)C(C(=O)NCC(=O)O)C(=O)c2cc(Cl)ccc21. The molecule has 0 radical (unpaired) electrons. The van der Waals surface area contributed by atoms with Crippen LogP contribution in [0, 0.1) is 5.92 Å². The van der Waals surface area contributed by atoms with Crippen LogP contribution in [-0.4, -0.2) is 35.1 Å². The van der Waals surface area contributed by atoms with Crippen LogP contribution in [0.1, 0.15) is 28.4 Å². The van der Waals surface area contributed by atoms with Crippen molar-refractivity contribution < 1.29 is 24.3 Å². The van der Waals surface area contributed by atoms with Gasteiger partial charge >= 0.3 is 5.97 Å². The minimum atomic E-state index is -1.68. The number of aliphatic carboxylic acids is 1. The van der Waals surface area contributed by atoms with Gasteiger partial charge in [0.05, 0.1) is 5.41 Å². The van der Waals surface area contributed by atoms with Crippen molar-refractivity contribution in [1.29, 1.82) is 0 Å². The topological polar surface area (TPSA) is 101 Å². The van der Waals surface area contributed by atoms with Crippen LogP contribution in [0.4, 0.5) is 0 Å². The number of carboxylic acids is 1. The van der Waals surface area contributed by atoms with E-state index in [0.29, 0.717) is 16.1 Å². The van der Waals surface area contributed by atoms with E-state index in [-0.39, 0.29) is 10.6 Å². The lowest BCUT2D eigenvalue weighted by Crippen LogP contribution is -2.53. The van der Waals surface area contributed by atoms with Crippen molar-refractivity contribution in [3.05, 3.63) is 69.2 Å². The first kappa shape index (κ1) is 20.0. The third-order valence-electron chi connectivity index (χ3n) is 4.90. The van der Waals surface area contributed by atoms with Gasteiger partial charge in [-0.25, -0.2) is 0 Å². The second kappa shape index (κ2) is 7.37. The highest BCUT2D eigenvalue weighted by atomic mass is 35.5. The predicted molar refractivity (Wildman–Crippen MR) is 103 cm³/mol. The molecule has 1 aliphatic rings. The van der Waals surface area contributed by atoms with Gasteiger partial charge in [0, 0.05) is 15.6 Å². The molecule has 28 heavy (non-hydrogen) atoms. The fourth-order valence-electron chi connectivity index (χ4n) is 3.44. The molecule has 0 aliphatic heterocycles. The number of carbonyl (C=O) groups excluding carboxylic acids is 3. The van der Waals surface area contributed by atoms with Crippen LogP contribution in [0.2, 0.25) is 10.0 Å². The van der Waals surface area contributed by atoms with E-state index in [1.54, 1.807) is 43.3 Å². The Kier molecular flexibility index (Phi) is 5.28. The average molecular weight is 420 g/mol. The summed E-state index contributed by atoms with van der Waals surface area (Å²) in [6.07, 6.45) is 0. The molecule has 0 aromatic heterocycles. The summed E-state index contributed by atoms with van der Waals surface area (Å²) in [6, 6.07) is 11.1. The minimum absolute atomic E-state index is 0.153. The number of hydrogen-bond donors (Lipinski definition) is 2. The fraction of sp³-hybridized carbons (Fsp3) is 0.200. The second-order valence-electron chi connectivity index (χ2n) is 6.59. The predicted octanol–water partition coefficient (Wildman–Crippen LogP) is 2.88. The quantitative estimate of drug-likeness (QED) is 0.741. The highest BCUT2D eigenvalue weighted by Gasteiger charge is 2.52. The molecular weight excluding hydrogens is 405 g/mol. The largest absolute Gasteiger partial charge is 0.480 e. The first-order chi connectivity index (χ1) is 13.2. The van der Waals surface area contributed by atoms with Crippen molar-refractivity contribution >= 4 is 46.6 Å². The smallest absolute Gasteiger partial charge is 0.322 e. The maximum atomic E-state index is 13.4. The fourth-order valence-corrected chi connectivity index (χ4v) is 3.73. The Morgan fingerprint density at radius 3 is 2.29 bits per heavy atom. The number of ketones is 2. The lowest BCUT2D eigenvalue weighted by Gasteiger charge is -2.37. The first-order valence-electron chi connectivity index (χ1n) is 8.30. The van der Waals surface area contributed by atoms with E-state index < -0.39 is 41.3 Å². The number of Topliss-reactive ketones (excluding diaryl/α,β-unsaturated/α-hetero) is 2. The molecule has 0 bridgehead atoms. The molecule has 2 aromatic carbocycles. The Balaban J connectivity index is 2.18. The molecule has 3 rings (SSSR count). The van der Waals surface area contributed by atoms with Gasteiger partial charge in [0.1, 0.15) is 6.54 Å². The van der Waals surface area contributed by atoms with Crippen molar-refractivity contribution in [3.63, 3.8) is 0 Å². The summed E-state index contributed by atoms with van der Waals surface area (Å²) < 4.78 is 0. The second-order valence-corrected chi connectivity index (χ2v) is 7.47. The van der Waals surface area contributed by atoms with Crippen LogP contribution in [0.3, 0.4) is 0 Å². The minimum Gasteiger partial charge on any atom is -0.480 e. The first-order valence-corrected chi connectivity index (χ1v) is 9.06. The monoisotopic (exact) mass is 419 g/mol. The summed E-state index contributed by atoms with van der Waals surface area (Å²) >= 11 is 12.0. The van der Waals surface area contributed by atoms with Gasteiger partial charge in [-0.2, -0.15) is 0 Å². The van der Waals surface area contributed by atoms with Crippen LogP contribution in [-0.2, 0) is 19.8 Å². The third kappa shape index (κ3) is 3.30.